The predicted molar refractivity (Wildman–Crippen MR) is 170 cm³/mol. The Kier molecular flexibility index (Phi) is 5.58. The van der Waals surface area contributed by atoms with Crippen molar-refractivity contribution < 1.29 is 4.42 Å². The van der Waals surface area contributed by atoms with Crippen LogP contribution in [0.15, 0.2) is 120 Å². The van der Waals surface area contributed by atoms with Crippen molar-refractivity contribution in [1.82, 2.24) is 0 Å². The van der Waals surface area contributed by atoms with E-state index in [1.54, 1.807) is 0 Å². The Labute approximate surface area is 234 Å². The second kappa shape index (κ2) is 9.57. The van der Waals surface area contributed by atoms with E-state index in [0.717, 1.165) is 22.5 Å². The van der Waals surface area contributed by atoms with E-state index in [0.29, 0.717) is 5.92 Å². The van der Waals surface area contributed by atoms with Gasteiger partial charge in [0.15, 0.2) is 5.58 Å². The number of anilines is 2. The number of para-hydroxylation sites is 1. The van der Waals surface area contributed by atoms with Crippen LogP contribution in [0.1, 0.15) is 43.6 Å². The minimum atomic E-state index is 0.570. The SMILES string of the molecule is c1ccc2cc(-c3ccc(Nc4cccc5c4oc4c(C6CCCCC6)cc6ccccc6c45)cc3)ccc2c1. The first kappa shape index (κ1) is 23.3. The van der Waals surface area contributed by atoms with Gasteiger partial charge in [-0.1, -0.05) is 104 Å². The van der Waals surface area contributed by atoms with Gasteiger partial charge in [-0.25, -0.2) is 0 Å². The molecule has 7 aromatic rings. The van der Waals surface area contributed by atoms with Crippen LogP contribution in [0.25, 0.3) is 54.6 Å². The minimum absolute atomic E-state index is 0.570. The van der Waals surface area contributed by atoms with Gasteiger partial charge in [-0.3, -0.25) is 0 Å². The fraction of sp³-hybridized carbons (Fsp3) is 0.158. The average Bonchev–Trinajstić information content (AvgIpc) is 3.42. The Balaban J connectivity index is 1.20. The minimum Gasteiger partial charge on any atom is -0.454 e. The van der Waals surface area contributed by atoms with E-state index < -0.39 is 0 Å². The summed E-state index contributed by atoms with van der Waals surface area (Å²) in [5.74, 6) is 0.570. The first-order chi connectivity index (χ1) is 19.8. The molecular formula is C38H31NO. The maximum atomic E-state index is 6.82. The zero-order chi connectivity index (χ0) is 26.5. The highest BCUT2D eigenvalue weighted by molar-refractivity contribution is 6.21. The van der Waals surface area contributed by atoms with Crippen molar-refractivity contribution in [1.29, 1.82) is 0 Å². The van der Waals surface area contributed by atoms with Crippen LogP contribution in [0.2, 0.25) is 0 Å². The van der Waals surface area contributed by atoms with Gasteiger partial charge in [-0.2, -0.15) is 0 Å². The first-order valence-electron chi connectivity index (χ1n) is 14.5. The van der Waals surface area contributed by atoms with E-state index in [1.807, 2.05) is 0 Å². The maximum Gasteiger partial charge on any atom is 0.158 e. The molecule has 0 radical (unpaired) electrons. The summed E-state index contributed by atoms with van der Waals surface area (Å²) >= 11 is 0. The zero-order valence-electron chi connectivity index (χ0n) is 22.5. The molecule has 0 amide bonds. The highest BCUT2D eigenvalue weighted by Crippen LogP contribution is 2.45. The molecule has 194 valence electrons. The quantitative estimate of drug-likeness (QED) is 0.251. The van der Waals surface area contributed by atoms with Gasteiger partial charge in [-0.05, 0) is 87.3 Å². The van der Waals surface area contributed by atoms with Gasteiger partial charge in [0.1, 0.15) is 5.58 Å². The van der Waals surface area contributed by atoms with E-state index >= 15 is 0 Å². The molecule has 1 saturated carbocycles. The third-order valence-electron chi connectivity index (χ3n) is 8.81. The van der Waals surface area contributed by atoms with E-state index in [1.165, 1.54) is 81.1 Å². The van der Waals surface area contributed by atoms with Gasteiger partial charge in [0.05, 0.1) is 5.69 Å². The number of fused-ring (bicyclic) bond motifs is 6. The molecule has 0 spiro atoms. The Hall–Kier alpha value is -4.56. The highest BCUT2D eigenvalue weighted by Gasteiger charge is 2.23. The second-order valence-corrected chi connectivity index (χ2v) is 11.3. The molecule has 40 heavy (non-hydrogen) atoms. The molecule has 2 nitrogen and oxygen atoms in total. The lowest BCUT2D eigenvalue weighted by atomic mass is 9.82. The molecule has 1 heterocycles. The molecule has 0 saturated heterocycles. The molecule has 1 fully saturated rings. The number of benzene rings is 6. The van der Waals surface area contributed by atoms with Crippen molar-refractivity contribution in [3.63, 3.8) is 0 Å². The van der Waals surface area contributed by atoms with Crippen LogP contribution in [0.5, 0.6) is 0 Å². The molecule has 1 aromatic heterocycles. The Morgan fingerprint density at radius 2 is 1.27 bits per heavy atom. The van der Waals surface area contributed by atoms with Crippen molar-refractivity contribution in [2.24, 2.45) is 0 Å². The summed E-state index contributed by atoms with van der Waals surface area (Å²) < 4.78 is 6.82. The lowest BCUT2D eigenvalue weighted by Gasteiger charge is -2.22. The second-order valence-electron chi connectivity index (χ2n) is 11.3. The summed E-state index contributed by atoms with van der Waals surface area (Å²) in [4.78, 5) is 0. The van der Waals surface area contributed by atoms with Crippen LogP contribution in [0.4, 0.5) is 11.4 Å². The van der Waals surface area contributed by atoms with Crippen molar-refractivity contribution in [2.75, 3.05) is 5.32 Å². The van der Waals surface area contributed by atoms with Gasteiger partial charge in [0.25, 0.3) is 0 Å². The molecule has 0 unspecified atom stereocenters. The Morgan fingerprint density at radius 3 is 2.12 bits per heavy atom. The van der Waals surface area contributed by atoms with Crippen LogP contribution in [0.3, 0.4) is 0 Å². The smallest absolute Gasteiger partial charge is 0.158 e. The Morgan fingerprint density at radius 1 is 0.550 bits per heavy atom. The van der Waals surface area contributed by atoms with Gasteiger partial charge in [0.2, 0.25) is 0 Å². The molecule has 6 aromatic carbocycles. The van der Waals surface area contributed by atoms with E-state index in [2.05, 4.69) is 121 Å². The molecule has 1 aliphatic rings. The van der Waals surface area contributed by atoms with Crippen LogP contribution in [-0.2, 0) is 0 Å². The van der Waals surface area contributed by atoms with Crippen LogP contribution in [0, 0.1) is 0 Å². The van der Waals surface area contributed by atoms with Gasteiger partial charge >= 0.3 is 0 Å². The van der Waals surface area contributed by atoms with E-state index in [4.69, 9.17) is 4.42 Å². The van der Waals surface area contributed by atoms with Crippen LogP contribution < -0.4 is 5.32 Å². The summed E-state index contributed by atoms with van der Waals surface area (Å²) in [5.41, 5.74) is 7.88. The molecule has 8 rings (SSSR count). The van der Waals surface area contributed by atoms with Gasteiger partial charge < -0.3 is 9.73 Å². The molecule has 1 aliphatic carbocycles. The summed E-state index contributed by atoms with van der Waals surface area (Å²) in [6.45, 7) is 0. The van der Waals surface area contributed by atoms with Crippen molar-refractivity contribution in [2.45, 2.75) is 38.0 Å². The molecule has 0 atom stereocenters. The maximum absolute atomic E-state index is 6.82. The van der Waals surface area contributed by atoms with Crippen LogP contribution in [-0.4, -0.2) is 0 Å². The highest BCUT2D eigenvalue weighted by atomic mass is 16.3. The van der Waals surface area contributed by atoms with Gasteiger partial charge in [-0.15, -0.1) is 0 Å². The lowest BCUT2D eigenvalue weighted by Crippen LogP contribution is -2.04. The number of furan rings is 1. The van der Waals surface area contributed by atoms with E-state index in [9.17, 15) is 0 Å². The standard InChI is InChI=1S/C38H31NO/c1-2-10-27(11-3-1)34-24-30-13-6-7-14-32(30)36-33-15-8-16-35(37(33)40-38(34)36)39-31-21-19-26(20-22-31)29-18-17-25-9-4-5-12-28(25)23-29/h4-9,12-24,27,39H,1-3,10-11H2. The first-order valence-corrected chi connectivity index (χ1v) is 14.5. The van der Waals surface area contributed by atoms with E-state index in [-0.39, 0.29) is 0 Å². The fourth-order valence-corrected chi connectivity index (χ4v) is 6.76. The van der Waals surface area contributed by atoms with Crippen molar-refractivity contribution in [3.05, 3.63) is 121 Å². The van der Waals surface area contributed by atoms with Gasteiger partial charge in [0, 0.05) is 16.5 Å². The zero-order valence-corrected chi connectivity index (χ0v) is 22.5. The third kappa shape index (κ3) is 3.95. The molecule has 0 bridgehead atoms. The largest absolute Gasteiger partial charge is 0.454 e. The normalized spacial score (nSPS) is 14.4. The fourth-order valence-electron chi connectivity index (χ4n) is 6.76. The average molecular weight is 518 g/mol. The molecule has 1 N–H and O–H groups in total. The summed E-state index contributed by atoms with van der Waals surface area (Å²) in [6.07, 6.45) is 6.46. The lowest BCUT2D eigenvalue weighted by molar-refractivity contribution is 0.442. The number of hydrogen-bond donors (Lipinski definition) is 1. The molecule has 2 heteroatoms. The number of rotatable bonds is 4. The molecular weight excluding hydrogens is 486 g/mol. The number of hydrogen-bond acceptors (Lipinski definition) is 2. The Bertz CT molecular complexity index is 2010. The number of nitrogens with one attached hydrogen (secondary N) is 1. The summed E-state index contributed by atoms with van der Waals surface area (Å²) in [5, 5.41) is 11.2. The topological polar surface area (TPSA) is 25.2 Å². The van der Waals surface area contributed by atoms with Crippen LogP contribution >= 0.6 is 0 Å². The van der Waals surface area contributed by atoms with Crippen molar-refractivity contribution in [3.8, 4) is 11.1 Å². The summed E-state index contributed by atoms with van der Waals surface area (Å²) in [7, 11) is 0. The van der Waals surface area contributed by atoms with Crippen molar-refractivity contribution >= 4 is 54.9 Å². The third-order valence-corrected chi connectivity index (χ3v) is 8.81. The summed E-state index contributed by atoms with van der Waals surface area (Å²) in [6, 6.07) is 41.6. The molecule has 0 aliphatic heterocycles. The monoisotopic (exact) mass is 517 g/mol. The predicted octanol–water partition coefficient (Wildman–Crippen LogP) is 11.4.